The molecule has 0 aromatic heterocycles. The SMILES string of the molecule is NC(=O)CC[C@@H](NS(=O)(=O)c1ccc(Cl)c(C(F)(F)F)c1)C(=O)[O-]. The summed E-state index contributed by atoms with van der Waals surface area (Å²) in [5.74, 6) is -2.74. The first-order chi connectivity index (χ1) is 10.8. The van der Waals surface area contributed by atoms with E-state index in [1.807, 2.05) is 0 Å². The molecule has 0 fully saturated rings. The molecular formula is C12H11ClF3N2O5S-. The first-order valence-electron chi connectivity index (χ1n) is 6.23. The Hall–Kier alpha value is -1.85. The fourth-order valence-electron chi connectivity index (χ4n) is 1.66. The Labute approximate surface area is 139 Å². The molecule has 0 aliphatic rings. The number of primary amides is 1. The highest BCUT2D eigenvalue weighted by Gasteiger charge is 2.34. The predicted octanol–water partition coefficient (Wildman–Crippen LogP) is 0.0211. The lowest BCUT2D eigenvalue weighted by molar-refractivity contribution is -0.308. The number of nitrogens with two attached hydrogens (primary N) is 1. The molecule has 0 aliphatic carbocycles. The normalized spacial score (nSPS) is 13.5. The van der Waals surface area contributed by atoms with Gasteiger partial charge in [0.2, 0.25) is 15.9 Å². The molecule has 0 saturated heterocycles. The summed E-state index contributed by atoms with van der Waals surface area (Å²) in [6, 6.07) is -0.0746. The summed E-state index contributed by atoms with van der Waals surface area (Å²) in [7, 11) is -4.63. The van der Waals surface area contributed by atoms with Crippen LogP contribution in [-0.4, -0.2) is 26.3 Å². The van der Waals surface area contributed by atoms with Crippen LogP contribution < -0.4 is 15.6 Å². The van der Waals surface area contributed by atoms with Crippen molar-refractivity contribution >= 4 is 33.5 Å². The summed E-state index contributed by atoms with van der Waals surface area (Å²) < 4.78 is 64.0. The zero-order valence-corrected chi connectivity index (χ0v) is 13.3. The molecule has 3 N–H and O–H groups in total. The minimum absolute atomic E-state index is 0.269. The van der Waals surface area contributed by atoms with E-state index in [9.17, 15) is 36.3 Å². The Balaban J connectivity index is 3.15. The average Bonchev–Trinajstić information content (AvgIpc) is 2.41. The molecule has 24 heavy (non-hydrogen) atoms. The number of alkyl halides is 3. The molecule has 0 radical (unpaired) electrons. The van der Waals surface area contributed by atoms with Crippen LogP contribution >= 0.6 is 11.6 Å². The molecule has 0 unspecified atom stereocenters. The second-order valence-corrected chi connectivity index (χ2v) is 6.76. The largest absolute Gasteiger partial charge is 0.548 e. The van der Waals surface area contributed by atoms with Gasteiger partial charge in [-0.15, -0.1) is 0 Å². The zero-order valence-electron chi connectivity index (χ0n) is 11.8. The van der Waals surface area contributed by atoms with Crippen LogP contribution in [0.5, 0.6) is 0 Å². The van der Waals surface area contributed by atoms with E-state index < -0.39 is 62.4 Å². The van der Waals surface area contributed by atoms with Crippen molar-refractivity contribution < 1.29 is 36.3 Å². The van der Waals surface area contributed by atoms with Crippen molar-refractivity contribution in [1.82, 2.24) is 4.72 Å². The van der Waals surface area contributed by atoms with Crippen LogP contribution in [0.3, 0.4) is 0 Å². The molecule has 1 amide bonds. The molecule has 12 heteroatoms. The fourth-order valence-corrected chi connectivity index (χ4v) is 3.13. The molecule has 1 atom stereocenters. The lowest BCUT2D eigenvalue weighted by atomic mass is 10.2. The van der Waals surface area contributed by atoms with Crippen LogP contribution in [0.4, 0.5) is 13.2 Å². The summed E-state index contributed by atoms with van der Waals surface area (Å²) in [6.07, 6.45) is -5.88. The predicted molar refractivity (Wildman–Crippen MR) is 74.0 cm³/mol. The molecule has 0 heterocycles. The number of sulfonamides is 1. The second-order valence-electron chi connectivity index (χ2n) is 4.64. The number of carbonyl (C=O) groups is 2. The van der Waals surface area contributed by atoms with Gasteiger partial charge < -0.3 is 15.6 Å². The van der Waals surface area contributed by atoms with E-state index in [4.69, 9.17) is 17.3 Å². The van der Waals surface area contributed by atoms with Gasteiger partial charge in [0.15, 0.2) is 0 Å². The van der Waals surface area contributed by atoms with Crippen molar-refractivity contribution in [1.29, 1.82) is 0 Å². The Kier molecular flexibility index (Phi) is 6.20. The van der Waals surface area contributed by atoms with E-state index in [0.29, 0.717) is 0 Å². The minimum Gasteiger partial charge on any atom is -0.548 e. The third kappa shape index (κ3) is 5.35. The summed E-state index contributed by atoms with van der Waals surface area (Å²) >= 11 is 5.38. The van der Waals surface area contributed by atoms with Crippen LogP contribution in [-0.2, 0) is 25.8 Å². The van der Waals surface area contributed by atoms with Gasteiger partial charge in [-0.3, -0.25) is 4.79 Å². The summed E-state index contributed by atoms with van der Waals surface area (Å²) in [6.45, 7) is 0. The minimum atomic E-state index is -4.90. The maximum atomic E-state index is 12.8. The van der Waals surface area contributed by atoms with Crippen molar-refractivity contribution in [2.24, 2.45) is 5.73 Å². The van der Waals surface area contributed by atoms with Crippen LogP contribution in [0.15, 0.2) is 23.1 Å². The number of hydrogen-bond acceptors (Lipinski definition) is 5. The molecule has 134 valence electrons. The Morgan fingerprint density at radius 3 is 2.38 bits per heavy atom. The average molecular weight is 388 g/mol. The summed E-state index contributed by atoms with van der Waals surface area (Å²) in [4.78, 5) is 20.7. The lowest BCUT2D eigenvalue weighted by Gasteiger charge is -2.19. The summed E-state index contributed by atoms with van der Waals surface area (Å²) in [5, 5.41) is 10.2. The first kappa shape index (κ1) is 20.2. The quantitative estimate of drug-likeness (QED) is 0.681. The highest BCUT2D eigenvalue weighted by molar-refractivity contribution is 7.89. The number of carboxylic acids is 1. The van der Waals surface area contributed by atoms with Gasteiger partial charge in [-0.25, -0.2) is 13.1 Å². The smallest absolute Gasteiger partial charge is 0.417 e. The molecule has 0 saturated carbocycles. The number of rotatable bonds is 7. The molecule has 0 bridgehead atoms. The molecule has 1 aromatic rings. The van der Waals surface area contributed by atoms with Crippen molar-refractivity contribution in [2.45, 2.75) is 30.0 Å². The number of amides is 1. The van der Waals surface area contributed by atoms with Crippen molar-refractivity contribution in [3.05, 3.63) is 28.8 Å². The summed E-state index contributed by atoms with van der Waals surface area (Å²) in [5.41, 5.74) is 3.44. The Morgan fingerprint density at radius 2 is 1.92 bits per heavy atom. The molecular weight excluding hydrogens is 377 g/mol. The van der Waals surface area contributed by atoms with E-state index in [1.54, 1.807) is 4.72 Å². The number of nitrogens with one attached hydrogen (secondary N) is 1. The number of halogens is 4. The monoisotopic (exact) mass is 387 g/mol. The maximum Gasteiger partial charge on any atom is 0.417 e. The van der Waals surface area contributed by atoms with Crippen molar-refractivity contribution in [2.75, 3.05) is 0 Å². The Morgan fingerprint density at radius 1 is 1.33 bits per heavy atom. The highest BCUT2D eigenvalue weighted by atomic mass is 35.5. The third-order valence-corrected chi connectivity index (χ3v) is 4.61. The van der Waals surface area contributed by atoms with Crippen LogP contribution in [0.1, 0.15) is 18.4 Å². The number of hydrogen-bond donors (Lipinski definition) is 2. The van der Waals surface area contributed by atoms with Gasteiger partial charge in [0, 0.05) is 6.42 Å². The molecule has 1 rings (SSSR count). The number of carboxylic acid groups (broad SMARTS) is 1. The number of benzene rings is 1. The number of carbonyl (C=O) groups excluding carboxylic acids is 2. The topological polar surface area (TPSA) is 129 Å². The van der Waals surface area contributed by atoms with E-state index in [-0.39, 0.29) is 6.07 Å². The third-order valence-electron chi connectivity index (χ3n) is 2.81. The standard InChI is InChI=1S/C12H12ClF3N2O5S/c13-8-2-1-6(5-7(8)12(14,15)16)24(22,23)18-9(11(20)21)3-4-10(17)19/h1-2,5,9,18H,3-4H2,(H2,17,19)(H,20,21)/p-1/t9-/m1/s1. The van der Waals surface area contributed by atoms with Crippen molar-refractivity contribution in [3.63, 3.8) is 0 Å². The van der Waals surface area contributed by atoms with Gasteiger partial charge in [-0.05, 0) is 24.6 Å². The van der Waals surface area contributed by atoms with Crippen LogP contribution in [0.2, 0.25) is 5.02 Å². The Bertz CT molecular complexity index is 752. The highest BCUT2D eigenvalue weighted by Crippen LogP contribution is 2.35. The molecule has 0 aliphatic heterocycles. The van der Waals surface area contributed by atoms with Gasteiger partial charge >= 0.3 is 6.18 Å². The van der Waals surface area contributed by atoms with E-state index >= 15 is 0 Å². The second kappa shape index (κ2) is 7.36. The zero-order chi connectivity index (χ0) is 18.7. The van der Waals surface area contributed by atoms with E-state index in [2.05, 4.69) is 0 Å². The molecule has 7 nitrogen and oxygen atoms in total. The van der Waals surface area contributed by atoms with Gasteiger partial charge in [-0.2, -0.15) is 13.2 Å². The lowest BCUT2D eigenvalue weighted by Crippen LogP contribution is -2.48. The fraction of sp³-hybridized carbons (Fsp3) is 0.333. The van der Waals surface area contributed by atoms with E-state index in [0.717, 1.165) is 12.1 Å². The maximum absolute atomic E-state index is 12.8. The van der Waals surface area contributed by atoms with Gasteiger partial charge in [-0.1, -0.05) is 11.6 Å². The van der Waals surface area contributed by atoms with Crippen molar-refractivity contribution in [3.8, 4) is 0 Å². The van der Waals surface area contributed by atoms with Gasteiger partial charge in [0.1, 0.15) is 0 Å². The van der Waals surface area contributed by atoms with Gasteiger partial charge in [0.05, 0.1) is 27.5 Å². The van der Waals surface area contributed by atoms with E-state index in [1.165, 1.54) is 0 Å². The first-order valence-corrected chi connectivity index (χ1v) is 8.09. The van der Waals surface area contributed by atoms with Crippen LogP contribution in [0, 0.1) is 0 Å². The van der Waals surface area contributed by atoms with Gasteiger partial charge in [0.25, 0.3) is 0 Å². The number of aliphatic carboxylic acids is 1. The van der Waals surface area contributed by atoms with Crippen LogP contribution in [0.25, 0.3) is 0 Å². The molecule has 1 aromatic carbocycles. The molecule has 0 spiro atoms.